The number of amides is 2. The first-order valence-electron chi connectivity index (χ1n) is 6.87. The number of pyridine rings is 1. The van der Waals surface area contributed by atoms with Crippen LogP contribution in [0.2, 0.25) is 0 Å². The van der Waals surface area contributed by atoms with Gasteiger partial charge in [-0.3, -0.25) is 9.59 Å². The largest absolute Gasteiger partial charge is 0.369 e. The van der Waals surface area contributed by atoms with E-state index in [0.29, 0.717) is 17.9 Å². The lowest BCUT2D eigenvalue weighted by molar-refractivity contribution is -0.122. The molecule has 0 spiro atoms. The summed E-state index contributed by atoms with van der Waals surface area (Å²) in [5, 5.41) is 8.43. The number of nitrogens with one attached hydrogen (secondary N) is 3. The predicted molar refractivity (Wildman–Crippen MR) is 78.6 cm³/mol. The van der Waals surface area contributed by atoms with Crippen LogP contribution < -0.4 is 16.0 Å². The summed E-state index contributed by atoms with van der Waals surface area (Å²) in [7, 11) is 0. The monoisotopic (exact) mass is 278 g/mol. The smallest absolute Gasteiger partial charge is 0.255 e. The van der Waals surface area contributed by atoms with Gasteiger partial charge in [0.1, 0.15) is 11.9 Å². The fraction of sp³-hybridized carbons (Fsp3) is 0.500. The van der Waals surface area contributed by atoms with Crippen LogP contribution in [-0.4, -0.2) is 35.9 Å². The van der Waals surface area contributed by atoms with Crippen molar-refractivity contribution < 1.29 is 9.59 Å². The molecule has 20 heavy (non-hydrogen) atoms. The summed E-state index contributed by atoms with van der Waals surface area (Å²) >= 11 is 0. The maximum Gasteiger partial charge on any atom is 0.255 e. The molecule has 0 aliphatic carbocycles. The van der Waals surface area contributed by atoms with Gasteiger partial charge in [0.15, 0.2) is 0 Å². The molecule has 110 valence electrons. The van der Waals surface area contributed by atoms with Crippen LogP contribution in [-0.2, 0) is 4.79 Å². The van der Waals surface area contributed by atoms with Crippen molar-refractivity contribution in [2.75, 3.05) is 18.4 Å². The number of hydrogen-bond donors (Lipinski definition) is 3. The van der Waals surface area contributed by atoms with E-state index in [1.807, 2.05) is 13.8 Å². The normalized spacial score (nSPS) is 11.6. The molecule has 6 nitrogen and oxygen atoms in total. The second-order valence-electron chi connectivity index (χ2n) is 4.42. The van der Waals surface area contributed by atoms with Gasteiger partial charge in [-0.05, 0) is 32.4 Å². The first kappa shape index (κ1) is 15.9. The van der Waals surface area contributed by atoms with E-state index in [1.165, 1.54) is 0 Å². The molecule has 2 amide bonds. The number of carbonyl (C=O) groups excluding carboxylic acids is 2. The first-order valence-corrected chi connectivity index (χ1v) is 6.87. The van der Waals surface area contributed by atoms with Crippen molar-refractivity contribution >= 4 is 17.6 Å². The molecule has 0 bridgehead atoms. The fourth-order valence-corrected chi connectivity index (χ4v) is 1.64. The van der Waals surface area contributed by atoms with E-state index in [0.717, 1.165) is 13.0 Å². The van der Waals surface area contributed by atoms with Crippen LogP contribution in [0.3, 0.4) is 0 Å². The third-order valence-electron chi connectivity index (χ3n) is 2.69. The highest BCUT2D eigenvalue weighted by atomic mass is 16.2. The van der Waals surface area contributed by atoms with Gasteiger partial charge in [-0.1, -0.05) is 6.92 Å². The van der Waals surface area contributed by atoms with Crippen molar-refractivity contribution in [1.29, 1.82) is 0 Å². The van der Waals surface area contributed by atoms with Gasteiger partial charge < -0.3 is 16.0 Å². The molecular formula is C14H22N4O2. The third kappa shape index (κ3) is 4.53. The van der Waals surface area contributed by atoms with Gasteiger partial charge in [0.25, 0.3) is 5.91 Å². The lowest BCUT2D eigenvalue weighted by atomic mass is 10.2. The zero-order chi connectivity index (χ0) is 15.0. The second kappa shape index (κ2) is 8.14. The van der Waals surface area contributed by atoms with E-state index in [9.17, 15) is 9.59 Å². The fourth-order valence-electron chi connectivity index (χ4n) is 1.64. The summed E-state index contributed by atoms with van der Waals surface area (Å²) < 4.78 is 0. The second-order valence-corrected chi connectivity index (χ2v) is 4.42. The number of carbonyl (C=O) groups is 2. The van der Waals surface area contributed by atoms with Gasteiger partial charge in [-0.25, -0.2) is 4.98 Å². The van der Waals surface area contributed by atoms with Crippen LogP contribution >= 0.6 is 0 Å². The Labute approximate surface area is 119 Å². The highest BCUT2D eigenvalue weighted by Gasteiger charge is 2.18. The van der Waals surface area contributed by atoms with E-state index in [2.05, 4.69) is 20.9 Å². The van der Waals surface area contributed by atoms with Gasteiger partial charge >= 0.3 is 0 Å². The Hall–Kier alpha value is -2.11. The average Bonchev–Trinajstić information content (AvgIpc) is 2.45. The summed E-state index contributed by atoms with van der Waals surface area (Å²) in [6, 6.07) is 2.80. The Morgan fingerprint density at radius 2 is 2.10 bits per heavy atom. The Balaban J connectivity index is 2.74. The van der Waals surface area contributed by atoms with E-state index in [-0.39, 0.29) is 11.8 Å². The standard InChI is InChI=1S/C14H22N4O2/c1-4-8-16-12-11(7-6-9-17-12)14(20)18-10(3)13(19)15-5-2/h6-7,9-10H,4-5,8H2,1-3H3,(H,15,19)(H,16,17)(H,18,20). The molecule has 0 aromatic carbocycles. The molecule has 0 saturated carbocycles. The highest BCUT2D eigenvalue weighted by molar-refractivity contribution is 6.00. The Morgan fingerprint density at radius 3 is 2.75 bits per heavy atom. The summed E-state index contributed by atoms with van der Waals surface area (Å²) in [6.45, 7) is 6.80. The Morgan fingerprint density at radius 1 is 1.35 bits per heavy atom. The van der Waals surface area contributed by atoms with Crippen LogP contribution in [0.1, 0.15) is 37.6 Å². The number of aromatic nitrogens is 1. The Kier molecular flexibility index (Phi) is 6.49. The number of hydrogen-bond acceptors (Lipinski definition) is 4. The molecule has 0 saturated heterocycles. The number of anilines is 1. The van der Waals surface area contributed by atoms with E-state index in [1.54, 1.807) is 25.3 Å². The van der Waals surface area contributed by atoms with E-state index >= 15 is 0 Å². The molecule has 1 rings (SSSR count). The molecule has 1 heterocycles. The van der Waals surface area contributed by atoms with Gasteiger partial charge in [-0.2, -0.15) is 0 Å². The molecule has 0 aliphatic heterocycles. The molecular weight excluding hydrogens is 256 g/mol. The number of likely N-dealkylation sites (N-methyl/N-ethyl adjacent to an activating group) is 1. The molecule has 1 unspecified atom stereocenters. The third-order valence-corrected chi connectivity index (χ3v) is 2.69. The maximum atomic E-state index is 12.2. The molecule has 0 aliphatic rings. The van der Waals surface area contributed by atoms with Crippen molar-refractivity contribution in [3.63, 3.8) is 0 Å². The van der Waals surface area contributed by atoms with Crippen LogP contribution in [0, 0.1) is 0 Å². The molecule has 0 radical (unpaired) electrons. The van der Waals surface area contributed by atoms with E-state index in [4.69, 9.17) is 0 Å². The zero-order valence-electron chi connectivity index (χ0n) is 12.2. The molecule has 6 heteroatoms. The van der Waals surface area contributed by atoms with Gasteiger partial charge in [0, 0.05) is 19.3 Å². The van der Waals surface area contributed by atoms with Crippen molar-refractivity contribution in [2.24, 2.45) is 0 Å². The lowest BCUT2D eigenvalue weighted by Gasteiger charge is -2.15. The van der Waals surface area contributed by atoms with Crippen molar-refractivity contribution in [3.8, 4) is 0 Å². The minimum Gasteiger partial charge on any atom is -0.369 e. The van der Waals surface area contributed by atoms with Crippen molar-refractivity contribution in [2.45, 2.75) is 33.2 Å². The maximum absolute atomic E-state index is 12.2. The minimum absolute atomic E-state index is 0.201. The van der Waals surface area contributed by atoms with Crippen molar-refractivity contribution in [3.05, 3.63) is 23.9 Å². The molecule has 1 aromatic heterocycles. The summed E-state index contributed by atoms with van der Waals surface area (Å²) in [4.78, 5) is 27.9. The summed E-state index contributed by atoms with van der Waals surface area (Å²) in [5.74, 6) is 0.0261. The molecule has 3 N–H and O–H groups in total. The van der Waals surface area contributed by atoms with E-state index < -0.39 is 6.04 Å². The molecule has 1 atom stereocenters. The minimum atomic E-state index is -0.582. The number of rotatable bonds is 7. The lowest BCUT2D eigenvalue weighted by Crippen LogP contribution is -2.44. The predicted octanol–water partition coefficient (Wildman–Crippen LogP) is 1.16. The summed E-state index contributed by atoms with van der Waals surface area (Å²) in [5.41, 5.74) is 0.442. The van der Waals surface area contributed by atoms with Gasteiger partial charge in [0.2, 0.25) is 5.91 Å². The topological polar surface area (TPSA) is 83.1 Å². The van der Waals surface area contributed by atoms with Crippen LogP contribution in [0.5, 0.6) is 0 Å². The zero-order valence-corrected chi connectivity index (χ0v) is 12.2. The van der Waals surface area contributed by atoms with Gasteiger partial charge in [0.05, 0.1) is 5.56 Å². The van der Waals surface area contributed by atoms with Gasteiger partial charge in [-0.15, -0.1) is 0 Å². The SMILES string of the molecule is CCCNc1ncccc1C(=O)NC(C)C(=O)NCC. The summed E-state index contributed by atoms with van der Waals surface area (Å²) in [6.07, 6.45) is 2.56. The quantitative estimate of drug-likeness (QED) is 0.699. The highest BCUT2D eigenvalue weighted by Crippen LogP contribution is 2.11. The average molecular weight is 278 g/mol. The van der Waals surface area contributed by atoms with Crippen molar-refractivity contribution in [1.82, 2.24) is 15.6 Å². The van der Waals surface area contributed by atoms with Crippen LogP contribution in [0.4, 0.5) is 5.82 Å². The van der Waals surface area contributed by atoms with Crippen LogP contribution in [0.15, 0.2) is 18.3 Å². The molecule has 0 fully saturated rings. The number of nitrogens with zero attached hydrogens (tertiary/aromatic N) is 1. The first-order chi connectivity index (χ1) is 9.60. The van der Waals surface area contributed by atoms with Crippen LogP contribution in [0.25, 0.3) is 0 Å². The Bertz CT molecular complexity index is 462. The molecule has 1 aromatic rings.